The van der Waals surface area contributed by atoms with E-state index in [0.29, 0.717) is 37.5 Å². The summed E-state index contributed by atoms with van der Waals surface area (Å²) in [5.41, 5.74) is 1.97. The Labute approximate surface area is 147 Å². The van der Waals surface area contributed by atoms with Gasteiger partial charge >= 0.3 is 5.97 Å². The number of anilines is 1. The zero-order chi connectivity index (χ0) is 17.1. The van der Waals surface area contributed by atoms with Crippen LogP contribution < -0.4 is 10.1 Å². The average Bonchev–Trinajstić information content (AvgIpc) is 2.52. The molecule has 0 aliphatic heterocycles. The van der Waals surface area contributed by atoms with Crippen molar-refractivity contribution >= 4 is 48.5 Å². The van der Waals surface area contributed by atoms with Gasteiger partial charge in [0, 0.05) is 36.6 Å². The average molecular weight is 358 g/mol. The number of para-hydroxylation sites is 1. The summed E-state index contributed by atoms with van der Waals surface area (Å²) in [5.74, 6) is 0.0275. The van der Waals surface area contributed by atoms with Crippen molar-refractivity contribution in [2.75, 3.05) is 29.7 Å². The van der Waals surface area contributed by atoms with Crippen LogP contribution in [0.3, 0.4) is 0 Å². The zero-order valence-corrected chi connectivity index (χ0v) is 14.3. The molecule has 0 fully saturated rings. The molecule has 1 aromatic carbocycles. The summed E-state index contributed by atoms with van der Waals surface area (Å²) in [6.07, 6.45) is 1.01. The number of carbonyl (C=O) groups excluding carboxylic acids is 1. The molecule has 0 heterocycles. The van der Waals surface area contributed by atoms with Gasteiger partial charge in [-0.3, -0.25) is 4.79 Å². The molecule has 2 N–H and O–H groups in total. The van der Waals surface area contributed by atoms with E-state index in [-0.39, 0.29) is 12.5 Å². The van der Waals surface area contributed by atoms with Gasteiger partial charge in [0.1, 0.15) is 0 Å². The van der Waals surface area contributed by atoms with Crippen LogP contribution in [0.25, 0.3) is 0 Å². The zero-order valence-electron chi connectivity index (χ0n) is 12.8. The lowest BCUT2D eigenvalue weighted by molar-refractivity contribution is -0.137. The van der Waals surface area contributed by atoms with Crippen molar-refractivity contribution in [1.82, 2.24) is 5.23 Å². The standard InChI is InChI=1S/C15H20BCl2N2O3/c17-5-7-20(8-6-18)14-4-2-1-3-12(14)9-13(10-15(22)23)19-16-11-21/h1-4,11,13,19H,5-10H2,(H,22,23)/t13-/m0/s1. The number of nitrogens with zero attached hydrogens (tertiary/aromatic N) is 1. The lowest BCUT2D eigenvalue weighted by Gasteiger charge is -2.27. The van der Waals surface area contributed by atoms with E-state index >= 15 is 0 Å². The van der Waals surface area contributed by atoms with Gasteiger partial charge in [-0.2, -0.15) is 0 Å². The first-order valence-corrected chi connectivity index (χ1v) is 8.38. The van der Waals surface area contributed by atoms with Crippen molar-refractivity contribution in [3.8, 4) is 0 Å². The molecule has 0 amide bonds. The van der Waals surface area contributed by atoms with Crippen LogP contribution in [-0.4, -0.2) is 55.6 Å². The predicted molar refractivity (Wildman–Crippen MR) is 95.5 cm³/mol. The topological polar surface area (TPSA) is 69.6 Å². The van der Waals surface area contributed by atoms with Crippen LogP contribution in [-0.2, 0) is 16.0 Å². The van der Waals surface area contributed by atoms with Gasteiger partial charge < -0.3 is 20.0 Å². The molecule has 23 heavy (non-hydrogen) atoms. The first kappa shape index (κ1) is 19.8. The van der Waals surface area contributed by atoms with Gasteiger partial charge in [0.2, 0.25) is 0 Å². The Balaban J connectivity index is 2.95. The van der Waals surface area contributed by atoms with Gasteiger partial charge in [0.05, 0.1) is 12.6 Å². The maximum absolute atomic E-state index is 11.0. The molecule has 0 aliphatic rings. The fourth-order valence-electron chi connectivity index (χ4n) is 2.39. The second-order valence-corrected chi connectivity index (χ2v) is 5.72. The molecule has 0 aliphatic carbocycles. The van der Waals surface area contributed by atoms with E-state index in [0.717, 1.165) is 11.3 Å². The highest BCUT2D eigenvalue weighted by Gasteiger charge is 2.17. The molecule has 0 saturated heterocycles. The van der Waals surface area contributed by atoms with Gasteiger partial charge in [-0.25, -0.2) is 0 Å². The Morgan fingerprint density at radius 2 is 1.96 bits per heavy atom. The van der Waals surface area contributed by atoms with Crippen LogP contribution >= 0.6 is 23.2 Å². The Morgan fingerprint density at radius 1 is 1.30 bits per heavy atom. The largest absolute Gasteiger partial charge is 0.481 e. The van der Waals surface area contributed by atoms with Gasteiger partial charge in [-0.05, 0) is 18.1 Å². The number of nitrogens with one attached hydrogen (secondary N) is 1. The van der Waals surface area contributed by atoms with Gasteiger partial charge in [-0.15, -0.1) is 23.2 Å². The Kier molecular flexibility index (Phi) is 9.75. The van der Waals surface area contributed by atoms with Crippen LogP contribution in [0, 0.1) is 0 Å². The minimum atomic E-state index is -0.919. The van der Waals surface area contributed by atoms with Crippen molar-refractivity contribution in [2.24, 2.45) is 0 Å². The highest BCUT2D eigenvalue weighted by atomic mass is 35.5. The third-order valence-corrected chi connectivity index (χ3v) is 3.67. The van der Waals surface area contributed by atoms with Gasteiger partial charge in [0.25, 0.3) is 7.41 Å². The van der Waals surface area contributed by atoms with Crippen molar-refractivity contribution in [2.45, 2.75) is 18.9 Å². The summed E-state index contributed by atoms with van der Waals surface area (Å²) >= 11 is 11.7. The molecule has 1 rings (SSSR count). The molecule has 0 bridgehead atoms. The van der Waals surface area contributed by atoms with Gasteiger partial charge in [0.15, 0.2) is 0 Å². The SMILES string of the molecule is O=C[B]N[C@H](CC(=O)O)Cc1ccccc1N(CCCl)CCCl. The molecule has 0 saturated carbocycles. The normalized spacial score (nSPS) is 11.7. The number of aliphatic carboxylic acids is 1. The molecule has 0 aromatic heterocycles. The van der Waals surface area contributed by atoms with Crippen LogP contribution in [0.4, 0.5) is 5.69 Å². The number of rotatable bonds is 12. The number of carboxylic acids is 1. The summed E-state index contributed by atoms with van der Waals surface area (Å²) < 4.78 is 0. The summed E-state index contributed by atoms with van der Waals surface area (Å²) in [4.78, 5) is 23.6. The maximum Gasteiger partial charge on any atom is 0.304 e. The molecular weight excluding hydrogens is 338 g/mol. The predicted octanol–water partition coefficient (Wildman–Crippen LogP) is 1.76. The van der Waals surface area contributed by atoms with E-state index < -0.39 is 5.97 Å². The number of halogens is 2. The van der Waals surface area contributed by atoms with E-state index in [1.54, 1.807) is 0 Å². The fraction of sp³-hybridized carbons (Fsp3) is 0.467. The molecular formula is C15H20BCl2N2O3. The lowest BCUT2D eigenvalue weighted by atomic mass is 9.92. The Bertz CT molecular complexity index is 499. The van der Waals surface area contributed by atoms with Crippen LogP contribution in [0.5, 0.6) is 0 Å². The Hall–Kier alpha value is -1.24. The van der Waals surface area contributed by atoms with E-state index in [1.807, 2.05) is 24.3 Å². The van der Waals surface area contributed by atoms with Crippen molar-refractivity contribution < 1.29 is 14.7 Å². The molecule has 1 radical (unpaired) electrons. The summed E-state index contributed by atoms with van der Waals surface area (Å²) in [6, 6.07) is 7.37. The van der Waals surface area contributed by atoms with Crippen LogP contribution in [0.15, 0.2) is 24.3 Å². The van der Waals surface area contributed by atoms with Crippen molar-refractivity contribution in [1.29, 1.82) is 0 Å². The molecule has 125 valence electrons. The Morgan fingerprint density at radius 3 is 2.52 bits per heavy atom. The quantitative estimate of drug-likeness (QED) is 0.339. The molecule has 1 aromatic rings. The number of carbonyl (C=O) groups is 2. The number of alkyl halides is 2. The smallest absolute Gasteiger partial charge is 0.304 e. The number of benzene rings is 1. The van der Waals surface area contributed by atoms with E-state index in [1.165, 1.54) is 7.41 Å². The fourth-order valence-corrected chi connectivity index (χ4v) is 2.80. The number of hydrogen-bond acceptors (Lipinski definition) is 4. The summed E-state index contributed by atoms with van der Waals surface area (Å²) in [7, 11) is 1.23. The van der Waals surface area contributed by atoms with E-state index in [9.17, 15) is 9.59 Å². The molecule has 0 spiro atoms. The van der Waals surface area contributed by atoms with Crippen molar-refractivity contribution in [3.05, 3.63) is 29.8 Å². The van der Waals surface area contributed by atoms with Crippen LogP contribution in [0.1, 0.15) is 12.0 Å². The number of carboxylic acid groups (broad SMARTS) is 1. The molecule has 8 heteroatoms. The highest BCUT2D eigenvalue weighted by molar-refractivity contribution is 6.64. The second kappa shape index (κ2) is 11.3. The minimum Gasteiger partial charge on any atom is -0.481 e. The third kappa shape index (κ3) is 7.25. The summed E-state index contributed by atoms with van der Waals surface area (Å²) in [5, 5.41) is 11.9. The first-order chi connectivity index (χ1) is 11.1. The van der Waals surface area contributed by atoms with E-state index in [2.05, 4.69) is 10.1 Å². The van der Waals surface area contributed by atoms with E-state index in [4.69, 9.17) is 28.3 Å². The maximum atomic E-state index is 11.0. The third-order valence-electron chi connectivity index (χ3n) is 3.33. The minimum absolute atomic E-state index is 0.0797. The monoisotopic (exact) mass is 357 g/mol. The van der Waals surface area contributed by atoms with Crippen LogP contribution in [0.2, 0.25) is 0 Å². The second-order valence-electron chi connectivity index (χ2n) is 4.96. The summed E-state index contributed by atoms with van der Waals surface area (Å²) in [6.45, 7) is 1.31. The molecule has 0 unspecified atom stereocenters. The molecule has 1 atom stereocenters. The molecule has 5 nitrogen and oxygen atoms in total. The van der Waals surface area contributed by atoms with Gasteiger partial charge in [-0.1, -0.05) is 18.2 Å². The highest BCUT2D eigenvalue weighted by Crippen LogP contribution is 2.22. The number of hydrogen-bond donors (Lipinski definition) is 2. The van der Waals surface area contributed by atoms with Crippen molar-refractivity contribution in [3.63, 3.8) is 0 Å². The first-order valence-electron chi connectivity index (χ1n) is 7.32. The lowest BCUT2D eigenvalue weighted by Crippen LogP contribution is -2.37.